The van der Waals surface area contributed by atoms with Gasteiger partial charge in [0.25, 0.3) is 0 Å². The molecule has 0 aliphatic heterocycles. The molecule has 0 fully saturated rings. The van der Waals surface area contributed by atoms with Gasteiger partial charge in [0.05, 0.1) is 0 Å². The average molecular weight is 182 g/mol. The van der Waals surface area contributed by atoms with Crippen molar-refractivity contribution in [3.05, 3.63) is 0 Å². The van der Waals surface area contributed by atoms with E-state index in [1.54, 1.807) is 6.92 Å². The summed E-state index contributed by atoms with van der Waals surface area (Å²) in [5.74, 6) is -2.46. The minimum Gasteiger partial charge on any atom is -1.00 e. The van der Waals surface area contributed by atoms with Gasteiger partial charge >= 0.3 is 41.5 Å². The van der Waals surface area contributed by atoms with E-state index in [2.05, 4.69) is 4.74 Å². The average Bonchev–Trinajstić information content (AvgIpc) is 1.86. The van der Waals surface area contributed by atoms with Crippen molar-refractivity contribution in [2.24, 2.45) is 0 Å². The van der Waals surface area contributed by atoms with Crippen molar-refractivity contribution in [3.8, 4) is 0 Å². The predicted octanol–water partition coefficient (Wildman–Crippen LogP) is -2.44. The Bertz CT molecular complexity index is 193. The summed E-state index contributed by atoms with van der Waals surface area (Å²) in [6.07, 6.45) is 0.706. The molecule has 12 heavy (non-hydrogen) atoms. The van der Waals surface area contributed by atoms with E-state index in [4.69, 9.17) is 0 Å². The van der Waals surface area contributed by atoms with Crippen molar-refractivity contribution in [2.45, 2.75) is 26.7 Å². The number of ketones is 1. The van der Waals surface area contributed by atoms with Crippen LogP contribution in [0.1, 0.15) is 28.1 Å². The third-order valence-electron chi connectivity index (χ3n) is 0.941. The number of hydrogen-bond acceptors (Lipinski definition) is 4. The minimum atomic E-state index is -1.06. The molecule has 0 aromatic rings. The van der Waals surface area contributed by atoms with Crippen LogP contribution in [0.5, 0.6) is 0 Å². The van der Waals surface area contributed by atoms with Gasteiger partial charge in [-0.25, -0.2) is 4.79 Å². The van der Waals surface area contributed by atoms with Crippen molar-refractivity contribution < 1.29 is 50.1 Å². The Morgan fingerprint density at radius 3 is 2.17 bits per heavy atom. The third-order valence-corrected chi connectivity index (χ3v) is 0.941. The van der Waals surface area contributed by atoms with Crippen molar-refractivity contribution in [1.82, 2.24) is 0 Å². The Kier molecular flexibility index (Phi) is 8.91. The molecule has 0 radical (unpaired) electrons. The summed E-state index contributed by atoms with van der Waals surface area (Å²) >= 11 is 0. The molecule has 0 aromatic heterocycles. The van der Waals surface area contributed by atoms with Gasteiger partial charge < -0.3 is 6.16 Å². The number of carbonyl (C=O) groups excluding carboxylic acids is 3. The first-order chi connectivity index (χ1) is 5.07. The minimum absolute atomic E-state index is 0. The van der Waals surface area contributed by atoms with E-state index in [1.807, 2.05) is 0 Å². The van der Waals surface area contributed by atoms with Crippen molar-refractivity contribution in [1.29, 1.82) is 0 Å². The first-order valence-electron chi connectivity index (χ1n) is 3.33. The van der Waals surface area contributed by atoms with Gasteiger partial charge in [0.15, 0.2) is 0 Å². The second-order valence-electron chi connectivity index (χ2n) is 2.05. The van der Waals surface area contributed by atoms with Gasteiger partial charge in [-0.05, 0) is 6.42 Å². The summed E-state index contributed by atoms with van der Waals surface area (Å²) in [7, 11) is 0. The molecule has 0 rings (SSSR count). The molecule has 0 spiro atoms. The van der Waals surface area contributed by atoms with E-state index >= 15 is 0 Å². The van der Waals surface area contributed by atoms with Crippen LogP contribution in [0, 0.1) is 0 Å². The number of hydrogen-bond donors (Lipinski definition) is 0. The molecule has 0 bridgehead atoms. The second kappa shape index (κ2) is 7.46. The normalized spacial score (nSPS) is 8.17. The van der Waals surface area contributed by atoms with Gasteiger partial charge in [-0.15, -0.1) is 0 Å². The number of ether oxygens (including phenoxy) is 1. The van der Waals surface area contributed by atoms with Gasteiger partial charge in [0, 0.05) is 13.3 Å². The van der Waals surface area contributed by atoms with Crippen LogP contribution in [0.2, 0.25) is 0 Å². The molecule has 4 nitrogen and oxygen atoms in total. The van der Waals surface area contributed by atoms with Crippen LogP contribution >= 0.6 is 0 Å². The zero-order valence-corrected chi connectivity index (χ0v) is 9.55. The topological polar surface area (TPSA) is 60.4 Å². The Morgan fingerprint density at radius 2 is 1.83 bits per heavy atom. The SMILES string of the molecule is CCCC(=O)C(=O)OC(C)=O.[H-].[Na+]. The smallest absolute Gasteiger partial charge is 1.00 e. The molecule has 0 saturated carbocycles. The standard InChI is InChI=1S/C7H10O4.Na.H/c1-3-4-6(9)7(10)11-5(2)8;;/h3-4H2,1-2H3;;/q;+1;-1. The van der Waals surface area contributed by atoms with Crippen molar-refractivity contribution in [2.75, 3.05) is 0 Å². The zero-order valence-electron chi connectivity index (χ0n) is 8.55. The molecular formula is C7H11NaO4. The quantitative estimate of drug-likeness (QED) is 0.210. The second-order valence-corrected chi connectivity index (χ2v) is 2.05. The molecule has 0 heterocycles. The summed E-state index contributed by atoms with van der Waals surface area (Å²) in [6, 6.07) is 0. The van der Waals surface area contributed by atoms with Gasteiger partial charge in [-0.1, -0.05) is 6.92 Å². The van der Waals surface area contributed by atoms with Gasteiger partial charge in [-0.2, -0.15) is 0 Å². The van der Waals surface area contributed by atoms with Crippen LogP contribution < -0.4 is 29.6 Å². The first-order valence-corrected chi connectivity index (χ1v) is 3.33. The predicted molar refractivity (Wildman–Crippen MR) is 37.8 cm³/mol. The first kappa shape index (κ1) is 14.3. The monoisotopic (exact) mass is 182 g/mol. The Morgan fingerprint density at radius 1 is 1.33 bits per heavy atom. The van der Waals surface area contributed by atoms with E-state index in [9.17, 15) is 14.4 Å². The molecule has 5 heteroatoms. The molecule has 0 aromatic carbocycles. The molecule has 0 atom stereocenters. The van der Waals surface area contributed by atoms with Crippen LogP contribution in [0.3, 0.4) is 0 Å². The van der Waals surface area contributed by atoms with E-state index in [1.165, 1.54) is 0 Å². The summed E-state index contributed by atoms with van der Waals surface area (Å²) in [5.41, 5.74) is 0. The molecule has 0 aliphatic rings. The summed E-state index contributed by atoms with van der Waals surface area (Å²) in [4.78, 5) is 31.4. The van der Waals surface area contributed by atoms with E-state index in [0.29, 0.717) is 6.42 Å². The van der Waals surface area contributed by atoms with Crippen LogP contribution in [-0.2, 0) is 19.1 Å². The van der Waals surface area contributed by atoms with E-state index < -0.39 is 17.7 Å². The van der Waals surface area contributed by atoms with Gasteiger partial charge in [-0.3, -0.25) is 9.59 Å². The summed E-state index contributed by atoms with van der Waals surface area (Å²) in [6.45, 7) is 2.84. The Hall–Kier alpha value is -0.190. The van der Waals surface area contributed by atoms with E-state index in [-0.39, 0.29) is 37.4 Å². The Labute approximate surface area is 94.4 Å². The van der Waals surface area contributed by atoms with Gasteiger partial charge in [0.1, 0.15) is 0 Å². The van der Waals surface area contributed by atoms with Gasteiger partial charge in [0.2, 0.25) is 5.78 Å². The molecule has 0 aliphatic carbocycles. The van der Waals surface area contributed by atoms with Crippen LogP contribution in [-0.4, -0.2) is 17.7 Å². The number of Topliss-reactive ketones (excluding diaryl/α,β-unsaturated/α-hetero) is 1. The number of rotatable bonds is 3. The zero-order chi connectivity index (χ0) is 8.85. The molecule has 0 N–H and O–H groups in total. The summed E-state index contributed by atoms with van der Waals surface area (Å²) in [5, 5.41) is 0. The van der Waals surface area contributed by atoms with Crippen LogP contribution in [0.15, 0.2) is 0 Å². The number of carbonyl (C=O) groups is 3. The molecule has 0 saturated heterocycles. The summed E-state index contributed by atoms with van der Waals surface area (Å²) < 4.78 is 4.04. The van der Waals surface area contributed by atoms with Crippen molar-refractivity contribution >= 4 is 17.7 Å². The maximum Gasteiger partial charge on any atom is 1.00 e. The number of esters is 2. The van der Waals surface area contributed by atoms with Crippen molar-refractivity contribution in [3.63, 3.8) is 0 Å². The fraction of sp³-hybridized carbons (Fsp3) is 0.571. The van der Waals surface area contributed by atoms with Crippen LogP contribution in [0.25, 0.3) is 0 Å². The third kappa shape index (κ3) is 6.52. The fourth-order valence-corrected chi connectivity index (χ4v) is 0.517. The molecule has 64 valence electrons. The maximum atomic E-state index is 10.7. The maximum absolute atomic E-state index is 10.7. The molecule has 0 unspecified atom stereocenters. The largest absolute Gasteiger partial charge is 1.00 e. The Balaban J connectivity index is -0.000000500. The molecular weight excluding hydrogens is 171 g/mol. The van der Waals surface area contributed by atoms with E-state index in [0.717, 1.165) is 6.92 Å². The molecule has 0 amide bonds. The fourth-order valence-electron chi connectivity index (χ4n) is 0.517. The van der Waals surface area contributed by atoms with Crippen LogP contribution in [0.4, 0.5) is 0 Å².